The van der Waals surface area contributed by atoms with Crippen LogP contribution in [-0.2, 0) is 6.54 Å². The molecule has 0 saturated carbocycles. The summed E-state index contributed by atoms with van der Waals surface area (Å²) < 4.78 is 1.62. The van der Waals surface area contributed by atoms with Crippen LogP contribution in [0.3, 0.4) is 0 Å². The molecule has 0 aliphatic carbocycles. The highest BCUT2D eigenvalue weighted by Crippen LogP contribution is 2.17. The molecule has 6 heteroatoms. The minimum absolute atomic E-state index is 0.0297. The Labute approximate surface area is 90.1 Å². The molecule has 2 aromatic heterocycles. The van der Waals surface area contributed by atoms with Crippen LogP contribution in [0.15, 0.2) is 18.3 Å². The summed E-state index contributed by atoms with van der Waals surface area (Å²) in [6.07, 6.45) is 1.65. The Balaban J connectivity index is 2.81. The minimum atomic E-state index is -1.09. The van der Waals surface area contributed by atoms with E-state index in [0.29, 0.717) is 16.4 Å². The second-order valence-corrected chi connectivity index (χ2v) is 3.42. The monoisotopic (exact) mass is 225 g/mol. The Morgan fingerprint density at radius 1 is 1.67 bits per heavy atom. The number of rotatable bonds is 2. The molecule has 0 fully saturated rings. The highest BCUT2D eigenvalue weighted by molar-refractivity contribution is 6.31. The van der Waals surface area contributed by atoms with Gasteiger partial charge in [-0.1, -0.05) is 11.6 Å². The summed E-state index contributed by atoms with van der Waals surface area (Å²) >= 11 is 5.78. The van der Waals surface area contributed by atoms with Gasteiger partial charge in [-0.2, -0.15) is 0 Å². The van der Waals surface area contributed by atoms with Gasteiger partial charge in [0, 0.05) is 11.2 Å². The van der Waals surface area contributed by atoms with Crippen molar-refractivity contribution in [2.24, 2.45) is 5.73 Å². The van der Waals surface area contributed by atoms with Crippen LogP contribution in [0.1, 0.15) is 16.3 Å². The first-order valence-corrected chi connectivity index (χ1v) is 4.61. The smallest absolute Gasteiger partial charge is 0.356 e. The zero-order chi connectivity index (χ0) is 11.0. The van der Waals surface area contributed by atoms with Crippen molar-refractivity contribution < 1.29 is 9.90 Å². The Morgan fingerprint density at radius 3 is 3.00 bits per heavy atom. The van der Waals surface area contributed by atoms with E-state index in [-0.39, 0.29) is 12.2 Å². The van der Waals surface area contributed by atoms with Crippen LogP contribution in [0, 0.1) is 0 Å². The minimum Gasteiger partial charge on any atom is -0.476 e. The topological polar surface area (TPSA) is 80.6 Å². The van der Waals surface area contributed by atoms with Gasteiger partial charge in [-0.15, -0.1) is 0 Å². The Kier molecular flexibility index (Phi) is 2.34. The van der Waals surface area contributed by atoms with Crippen molar-refractivity contribution >= 4 is 23.1 Å². The van der Waals surface area contributed by atoms with Crippen LogP contribution in [0.2, 0.25) is 5.02 Å². The largest absolute Gasteiger partial charge is 0.476 e. The van der Waals surface area contributed by atoms with Gasteiger partial charge < -0.3 is 15.2 Å². The standard InChI is InChI=1S/C9H8ClN3O2/c10-5-1-2-13-6(3-5)8(9(14)15)12-7(13)4-11/h1-3H,4,11H2,(H,14,15). The van der Waals surface area contributed by atoms with E-state index in [1.165, 1.54) is 0 Å². The number of hydrogen-bond donors (Lipinski definition) is 2. The van der Waals surface area contributed by atoms with Gasteiger partial charge in [0.15, 0.2) is 5.69 Å². The first-order chi connectivity index (χ1) is 7.13. The molecule has 0 atom stereocenters. The molecule has 2 aromatic rings. The van der Waals surface area contributed by atoms with Crippen molar-refractivity contribution in [1.82, 2.24) is 9.38 Å². The molecule has 0 saturated heterocycles. The van der Waals surface area contributed by atoms with Crippen LogP contribution in [0.4, 0.5) is 0 Å². The van der Waals surface area contributed by atoms with E-state index in [9.17, 15) is 4.79 Å². The van der Waals surface area contributed by atoms with E-state index in [0.717, 1.165) is 0 Å². The van der Waals surface area contributed by atoms with Crippen molar-refractivity contribution in [3.05, 3.63) is 34.9 Å². The van der Waals surface area contributed by atoms with E-state index in [2.05, 4.69) is 4.98 Å². The van der Waals surface area contributed by atoms with Crippen LogP contribution in [0.5, 0.6) is 0 Å². The molecule has 0 bridgehead atoms. The quantitative estimate of drug-likeness (QED) is 0.803. The van der Waals surface area contributed by atoms with Crippen molar-refractivity contribution in [2.75, 3.05) is 0 Å². The number of carboxylic acid groups (broad SMARTS) is 1. The number of nitrogens with two attached hydrogens (primary N) is 1. The van der Waals surface area contributed by atoms with Gasteiger partial charge in [0.2, 0.25) is 0 Å². The lowest BCUT2D eigenvalue weighted by atomic mass is 10.3. The summed E-state index contributed by atoms with van der Waals surface area (Å²) in [5.74, 6) is -0.589. The molecule has 2 heterocycles. The van der Waals surface area contributed by atoms with Crippen molar-refractivity contribution in [3.63, 3.8) is 0 Å². The summed E-state index contributed by atoms with van der Waals surface area (Å²) in [5.41, 5.74) is 5.88. The van der Waals surface area contributed by atoms with Gasteiger partial charge in [-0.25, -0.2) is 9.78 Å². The Bertz CT molecular complexity index is 535. The highest BCUT2D eigenvalue weighted by Gasteiger charge is 2.15. The van der Waals surface area contributed by atoms with Gasteiger partial charge in [0.25, 0.3) is 0 Å². The highest BCUT2D eigenvalue weighted by atomic mass is 35.5. The van der Waals surface area contributed by atoms with Gasteiger partial charge >= 0.3 is 5.97 Å². The average molecular weight is 226 g/mol. The summed E-state index contributed by atoms with van der Waals surface area (Å²) in [6.45, 7) is 0.177. The maximum atomic E-state index is 10.9. The van der Waals surface area contributed by atoms with Crippen molar-refractivity contribution in [3.8, 4) is 0 Å². The number of pyridine rings is 1. The third kappa shape index (κ3) is 1.55. The lowest BCUT2D eigenvalue weighted by Crippen LogP contribution is -2.02. The molecule has 15 heavy (non-hydrogen) atoms. The van der Waals surface area contributed by atoms with E-state index in [1.54, 1.807) is 22.7 Å². The van der Waals surface area contributed by atoms with E-state index in [1.807, 2.05) is 0 Å². The van der Waals surface area contributed by atoms with Crippen LogP contribution in [0.25, 0.3) is 5.52 Å². The fourth-order valence-corrected chi connectivity index (χ4v) is 1.58. The molecule has 3 N–H and O–H groups in total. The molecule has 0 aliphatic heterocycles. The Hall–Kier alpha value is -1.59. The fraction of sp³-hybridized carbons (Fsp3) is 0.111. The zero-order valence-corrected chi connectivity index (χ0v) is 8.40. The second-order valence-electron chi connectivity index (χ2n) is 2.99. The number of nitrogens with zero attached hydrogens (tertiary/aromatic N) is 2. The number of halogens is 1. The number of carboxylic acids is 1. The van der Waals surface area contributed by atoms with E-state index < -0.39 is 5.97 Å². The Morgan fingerprint density at radius 2 is 2.40 bits per heavy atom. The number of carbonyl (C=O) groups is 1. The fourth-order valence-electron chi connectivity index (χ4n) is 1.42. The predicted molar refractivity (Wildman–Crippen MR) is 55.1 cm³/mol. The number of aromatic carboxylic acids is 1. The van der Waals surface area contributed by atoms with Crippen LogP contribution >= 0.6 is 11.6 Å². The van der Waals surface area contributed by atoms with Gasteiger partial charge in [-0.3, -0.25) is 0 Å². The molecule has 0 aromatic carbocycles. The van der Waals surface area contributed by atoms with E-state index in [4.69, 9.17) is 22.4 Å². The average Bonchev–Trinajstić information content (AvgIpc) is 2.55. The van der Waals surface area contributed by atoms with Crippen LogP contribution in [-0.4, -0.2) is 20.5 Å². The number of aromatic nitrogens is 2. The van der Waals surface area contributed by atoms with Crippen molar-refractivity contribution in [1.29, 1.82) is 0 Å². The number of hydrogen-bond acceptors (Lipinski definition) is 3. The van der Waals surface area contributed by atoms with Gasteiger partial charge in [0.05, 0.1) is 12.1 Å². The molecule has 0 spiro atoms. The molecular weight excluding hydrogens is 218 g/mol. The summed E-state index contributed by atoms with van der Waals surface area (Å²) in [7, 11) is 0. The van der Waals surface area contributed by atoms with Crippen LogP contribution < -0.4 is 5.73 Å². The maximum absolute atomic E-state index is 10.9. The summed E-state index contributed by atoms with van der Waals surface area (Å²) in [6, 6.07) is 3.21. The lowest BCUT2D eigenvalue weighted by Gasteiger charge is -1.97. The molecule has 78 valence electrons. The number of imidazole rings is 1. The van der Waals surface area contributed by atoms with E-state index >= 15 is 0 Å². The number of fused-ring (bicyclic) bond motifs is 1. The molecule has 0 unspecified atom stereocenters. The first kappa shape index (κ1) is 9.95. The zero-order valence-electron chi connectivity index (χ0n) is 7.64. The molecule has 0 aliphatic rings. The second kappa shape index (κ2) is 3.52. The molecular formula is C9H8ClN3O2. The molecule has 5 nitrogen and oxygen atoms in total. The van der Waals surface area contributed by atoms with Gasteiger partial charge in [-0.05, 0) is 12.1 Å². The third-order valence-electron chi connectivity index (χ3n) is 2.06. The normalized spacial score (nSPS) is 10.8. The predicted octanol–water partition coefficient (Wildman–Crippen LogP) is 1.14. The summed E-state index contributed by atoms with van der Waals surface area (Å²) in [5, 5.41) is 9.39. The summed E-state index contributed by atoms with van der Waals surface area (Å²) in [4.78, 5) is 14.8. The molecule has 0 amide bonds. The third-order valence-corrected chi connectivity index (χ3v) is 2.30. The first-order valence-electron chi connectivity index (χ1n) is 4.23. The molecule has 2 rings (SSSR count). The SMILES string of the molecule is NCc1nc(C(=O)O)c2cc(Cl)ccn12. The lowest BCUT2D eigenvalue weighted by molar-refractivity contribution is 0.0693. The molecule has 0 radical (unpaired) electrons. The van der Waals surface area contributed by atoms with Gasteiger partial charge in [0.1, 0.15) is 5.82 Å². The maximum Gasteiger partial charge on any atom is 0.356 e. The van der Waals surface area contributed by atoms with Crippen molar-refractivity contribution in [2.45, 2.75) is 6.54 Å².